The Labute approximate surface area is 194 Å². The molecule has 2 amide bonds. The minimum atomic E-state index is -1.73. The number of hydrogen-bond donors (Lipinski definition) is 1. The van der Waals surface area contributed by atoms with Gasteiger partial charge in [0.2, 0.25) is 11.8 Å². The number of aliphatic hydroxyl groups is 1. The van der Waals surface area contributed by atoms with Crippen molar-refractivity contribution in [2.24, 2.45) is 11.8 Å². The van der Waals surface area contributed by atoms with E-state index in [4.69, 9.17) is 27.9 Å². The lowest BCUT2D eigenvalue weighted by molar-refractivity contribution is -0.133. The van der Waals surface area contributed by atoms with Gasteiger partial charge in [0.15, 0.2) is 0 Å². The van der Waals surface area contributed by atoms with E-state index in [1.807, 2.05) is 0 Å². The molecule has 2 atom stereocenters. The first-order chi connectivity index (χ1) is 15.4. The number of halogens is 2. The molecule has 5 nitrogen and oxygen atoms in total. The van der Waals surface area contributed by atoms with Crippen molar-refractivity contribution in [3.05, 3.63) is 93.0 Å². The molecule has 3 aromatic carbocycles. The van der Waals surface area contributed by atoms with Gasteiger partial charge in [-0.05, 0) is 46.5 Å². The van der Waals surface area contributed by atoms with Crippen LogP contribution in [0.2, 0.25) is 10.0 Å². The number of ether oxygens (including phenoxy) is 1. The van der Waals surface area contributed by atoms with Gasteiger partial charge in [-0.25, -0.2) is 4.90 Å². The van der Waals surface area contributed by atoms with E-state index in [9.17, 15) is 14.7 Å². The maximum atomic E-state index is 13.8. The molecule has 2 bridgehead atoms. The Hall–Kier alpha value is -2.86. The van der Waals surface area contributed by atoms with Crippen LogP contribution in [-0.4, -0.2) is 24.0 Å². The highest BCUT2D eigenvalue weighted by Gasteiger charge is 2.69. The number of nitrogens with zero attached hydrogens (tertiary/aromatic N) is 1. The van der Waals surface area contributed by atoms with Crippen molar-refractivity contribution in [2.45, 2.75) is 11.5 Å². The fourth-order valence-corrected chi connectivity index (χ4v) is 6.46. The number of carbonyl (C=O) groups is 2. The molecule has 3 aromatic rings. The van der Waals surface area contributed by atoms with Gasteiger partial charge in [0.1, 0.15) is 11.4 Å². The highest BCUT2D eigenvalue weighted by molar-refractivity contribution is 6.33. The standard InChI is InChI=1S/C25H17Cl2NO4/c1-32-17-11-3-2-10-16(17)28-23(29)21-20-18-12(6-4-8-14(18)26)25(31,22(21)24(28)30)13-7-5-9-15(27)19(13)20/h2-11,20-22,31H,1H3/t20?,21-,22+,25?/m0/s1. The number of imide groups is 1. The van der Waals surface area contributed by atoms with E-state index >= 15 is 0 Å². The molecular weight excluding hydrogens is 449 g/mol. The van der Waals surface area contributed by atoms with E-state index in [2.05, 4.69) is 0 Å². The van der Waals surface area contributed by atoms with Crippen LogP contribution in [-0.2, 0) is 15.2 Å². The second kappa shape index (κ2) is 6.58. The molecule has 1 aliphatic heterocycles. The third-order valence-corrected chi connectivity index (χ3v) is 7.69. The normalized spacial score (nSPS) is 27.2. The second-order valence-corrected chi connectivity index (χ2v) is 9.15. The average molecular weight is 466 g/mol. The van der Waals surface area contributed by atoms with Gasteiger partial charge in [0.25, 0.3) is 0 Å². The number of carbonyl (C=O) groups excluding carboxylic acids is 2. The van der Waals surface area contributed by atoms with E-state index in [1.165, 1.54) is 7.11 Å². The van der Waals surface area contributed by atoms with Gasteiger partial charge in [0, 0.05) is 16.0 Å². The van der Waals surface area contributed by atoms with Gasteiger partial charge >= 0.3 is 0 Å². The van der Waals surface area contributed by atoms with Crippen molar-refractivity contribution in [1.82, 2.24) is 0 Å². The first-order valence-corrected chi connectivity index (χ1v) is 11.0. The summed E-state index contributed by atoms with van der Waals surface area (Å²) in [6.07, 6.45) is 0. The van der Waals surface area contributed by atoms with Crippen molar-refractivity contribution in [3.63, 3.8) is 0 Å². The van der Waals surface area contributed by atoms with Crippen LogP contribution in [0.3, 0.4) is 0 Å². The lowest BCUT2D eigenvalue weighted by Crippen LogP contribution is -2.53. The molecule has 1 heterocycles. The molecule has 7 heteroatoms. The van der Waals surface area contributed by atoms with Crippen LogP contribution in [0, 0.1) is 11.8 Å². The van der Waals surface area contributed by atoms with E-state index < -0.39 is 35.2 Å². The number of benzene rings is 3. The van der Waals surface area contributed by atoms with Crippen molar-refractivity contribution >= 4 is 40.7 Å². The van der Waals surface area contributed by atoms with Gasteiger partial charge in [-0.1, -0.05) is 59.6 Å². The summed E-state index contributed by atoms with van der Waals surface area (Å²) < 4.78 is 5.41. The SMILES string of the molecule is COc1ccccc1N1C(=O)[C@H]2C3c4c(Cl)cccc4C(O)(c4cccc(Cl)c43)[C@H]2C1=O. The minimum absolute atomic E-state index is 0.354. The maximum absolute atomic E-state index is 13.8. The zero-order valence-electron chi connectivity index (χ0n) is 16.9. The molecule has 1 saturated heterocycles. The summed E-state index contributed by atoms with van der Waals surface area (Å²) in [7, 11) is 1.49. The molecule has 0 radical (unpaired) electrons. The molecule has 1 N–H and O–H groups in total. The molecule has 7 rings (SSSR count). The van der Waals surface area contributed by atoms with E-state index in [0.717, 1.165) is 4.90 Å². The number of para-hydroxylation sites is 2. The molecule has 32 heavy (non-hydrogen) atoms. The summed E-state index contributed by atoms with van der Waals surface area (Å²) in [6, 6.07) is 17.4. The first kappa shape index (κ1) is 19.8. The van der Waals surface area contributed by atoms with Gasteiger partial charge in [-0.15, -0.1) is 0 Å². The molecular formula is C25H17Cl2NO4. The fourth-order valence-electron chi connectivity index (χ4n) is 5.87. The predicted octanol–water partition coefficient (Wildman–Crippen LogP) is 4.50. The topological polar surface area (TPSA) is 66.8 Å². The summed E-state index contributed by atoms with van der Waals surface area (Å²) in [5.74, 6) is -2.84. The van der Waals surface area contributed by atoms with Crippen LogP contribution >= 0.6 is 23.2 Å². The summed E-state index contributed by atoms with van der Waals surface area (Å²) in [5, 5.41) is 13.1. The molecule has 3 aliphatic carbocycles. The van der Waals surface area contributed by atoms with Crippen molar-refractivity contribution in [3.8, 4) is 5.75 Å². The summed E-state index contributed by atoms with van der Waals surface area (Å²) in [5.41, 5.74) is 1.03. The number of amides is 2. The zero-order chi connectivity index (χ0) is 22.4. The third kappa shape index (κ3) is 2.18. The van der Waals surface area contributed by atoms with Gasteiger partial charge in [-0.3, -0.25) is 9.59 Å². The predicted molar refractivity (Wildman–Crippen MR) is 120 cm³/mol. The van der Waals surface area contributed by atoms with Crippen LogP contribution in [0.4, 0.5) is 5.69 Å². The molecule has 1 fully saturated rings. The average Bonchev–Trinajstić information content (AvgIpc) is 3.06. The van der Waals surface area contributed by atoms with Gasteiger partial charge in [0.05, 0.1) is 24.6 Å². The smallest absolute Gasteiger partial charge is 0.241 e. The van der Waals surface area contributed by atoms with Crippen LogP contribution in [0.1, 0.15) is 28.2 Å². The molecule has 0 unspecified atom stereocenters. The van der Waals surface area contributed by atoms with Crippen LogP contribution < -0.4 is 9.64 Å². The monoisotopic (exact) mass is 465 g/mol. The van der Waals surface area contributed by atoms with Crippen molar-refractivity contribution in [1.29, 1.82) is 0 Å². The molecule has 160 valence electrons. The largest absolute Gasteiger partial charge is 0.495 e. The fraction of sp³-hybridized carbons (Fsp3) is 0.200. The lowest BCUT2D eigenvalue weighted by Gasteiger charge is -2.51. The summed E-state index contributed by atoms with van der Waals surface area (Å²) in [6.45, 7) is 0. The number of rotatable bonds is 2. The maximum Gasteiger partial charge on any atom is 0.241 e. The van der Waals surface area contributed by atoms with Crippen LogP contribution in [0.5, 0.6) is 5.75 Å². The Morgan fingerprint density at radius 1 is 0.875 bits per heavy atom. The quantitative estimate of drug-likeness (QED) is 0.565. The Kier molecular flexibility index (Phi) is 4.07. The molecule has 4 aliphatic rings. The van der Waals surface area contributed by atoms with E-state index in [0.29, 0.717) is 43.7 Å². The van der Waals surface area contributed by atoms with Crippen LogP contribution in [0.25, 0.3) is 0 Å². The Bertz CT molecular complexity index is 1280. The Morgan fingerprint density at radius 2 is 1.47 bits per heavy atom. The van der Waals surface area contributed by atoms with E-state index in [-0.39, 0.29) is 0 Å². The number of methoxy groups -OCH3 is 1. The Morgan fingerprint density at radius 3 is 2.06 bits per heavy atom. The second-order valence-electron chi connectivity index (χ2n) is 8.33. The van der Waals surface area contributed by atoms with Crippen molar-refractivity contribution < 1.29 is 19.4 Å². The summed E-state index contributed by atoms with van der Waals surface area (Å²) >= 11 is 13.2. The highest BCUT2D eigenvalue weighted by atomic mass is 35.5. The van der Waals surface area contributed by atoms with Gasteiger partial charge < -0.3 is 9.84 Å². The van der Waals surface area contributed by atoms with Crippen molar-refractivity contribution in [2.75, 3.05) is 12.0 Å². The highest BCUT2D eigenvalue weighted by Crippen LogP contribution is 2.65. The minimum Gasteiger partial charge on any atom is -0.495 e. The zero-order valence-corrected chi connectivity index (χ0v) is 18.4. The first-order valence-electron chi connectivity index (χ1n) is 10.2. The van der Waals surface area contributed by atoms with Crippen LogP contribution in [0.15, 0.2) is 60.7 Å². The molecule has 0 saturated carbocycles. The number of anilines is 1. The number of hydrogen-bond acceptors (Lipinski definition) is 4. The molecule has 0 spiro atoms. The lowest BCUT2D eigenvalue weighted by atomic mass is 9.52. The molecule has 0 aromatic heterocycles. The Balaban J connectivity index is 1.66. The summed E-state index contributed by atoms with van der Waals surface area (Å²) in [4.78, 5) is 28.8. The van der Waals surface area contributed by atoms with Gasteiger partial charge in [-0.2, -0.15) is 0 Å². The third-order valence-electron chi connectivity index (χ3n) is 7.04. The van der Waals surface area contributed by atoms with E-state index in [1.54, 1.807) is 60.7 Å².